The molecule has 0 fully saturated rings. The Labute approximate surface area is 117 Å². The standard InChI is InChI=1S/C15H18N4O/c1-10-3-2-4-11(9-10)17-14-12-5-7-16-8-6-13(12)18-15(20)19-14/h2-4,9,16H,5-8H2,1H3,(H2,17,18,19,20). The summed E-state index contributed by atoms with van der Waals surface area (Å²) in [6.07, 6.45) is 1.70. The highest BCUT2D eigenvalue weighted by Gasteiger charge is 2.14. The first kappa shape index (κ1) is 12.9. The Bertz CT molecular complexity index is 678. The van der Waals surface area contributed by atoms with Crippen molar-refractivity contribution in [2.24, 2.45) is 0 Å². The van der Waals surface area contributed by atoms with E-state index >= 15 is 0 Å². The Hall–Kier alpha value is -2.14. The number of aromatic nitrogens is 2. The number of H-pyrrole nitrogens is 1. The fourth-order valence-corrected chi connectivity index (χ4v) is 2.54. The second-order valence-corrected chi connectivity index (χ2v) is 5.09. The molecule has 3 rings (SSSR count). The van der Waals surface area contributed by atoms with Gasteiger partial charge in [-0.25, -0.2) is 4.79 Å². The molecular formula is C15H18N4O. The first-order chi connectivity index (χ1) is 9.72. The van der Waals surface area contributed by atoms with Crippen LogP contribution in [-0.4, -0.2) is 23.1 Å². The van der Waals surface area contributed by atoms with Crippen molar-refractivity contribution in [2.75, 3.05) is 18.4 Å². The molecule has 0 spiro atoms. The molecule has 1 aliphatic heterocycles. The molecule has 0 atom stereocenters. The summed E-state index contributed by atoms with van der Waals surface area (Å²) in [5, 5.41) is 6.62. The van der Waals surface area contributed by atoms with Crippen LogP contribution in [0.15, 0.2) is 29.1 Å². The van der Waals surface area contributed by atoms with Gasteiger partial charge in [-0.05, 0) is 37.6 Å². The van der Waals surface area contributed by atoms with Crippen LogP contribution in [0, 0.1) is 6.92 Å². The van der Waals surface area contributed by atoms with Crippen LogP contribution in [0.4, 0.5) is 11.5 Å². The van der Waals surface area contributed by atoms with Crippen LogP contribution in [0.1, 0.15) is 16.8 Å². The lowest BCUT2D eigenvalue weighted by Gasteiger charge is -2.12. The highest BCUT2D eigenvalue weighted by atomic mass is 16.1. The molecule has 1 aliphatic rings. The zero-order valence-corrected chi connectivity index (χ0v) is 11.5. The smallest absolute Gasteiger partial charge is 0.340 e. The highest BCUT2D eigenvalue weighted by molar-refractivity contribution is 5.60. The normalized spacial score (nSPS) is 14.4. The minimum Gasteiger partial charge on any atom is -0.340 e. The Balaban J connectivity index is 2.00. The number of aryl methyl sites for hydroxylation is 1. The van der Waals surface area contributed by atoms with Crippen molar-refractivity contribution in [3.63, 3.8) is 0 Å². The molecule has 1 aromatic heterocycles. The van der Waals surface area contributed by atoms with Crippen LogP contribution in [0.5, 0.6) is 0 Å². The molecule has 20 heavy (non-hydrogen) atoms. The molecule has 0 bridgehead atoms. The van der Waals surface area contributed by atoms with Crippen LogP contribution < -0.4 is 16.3 Å². The van der Waals surface area contributed by atoms with Crippen LogP contribution in [0.3, 0.4) is 0 Å². The van der Waals surface area contributed by atoms with E-state index in [1.807, 2.05) is 31.2 Å². The van der Waals surface area contributed by atoms with Crippen molar-refractivity contribution < 1.29 is 0 Å². The lowest BCUT2D eigenvalue weighted by molar-refractivity contribution is 0.708. The van der Waals surface area contributed by atoms with E-state index in [4.69, 9.17) is 0 Å². The Morgan fingerprint density at radius 1 is 1.25 bits per heavy atom. The molecule has 5 nitrogen and oxygen atoms in total. The summed E-state index contributed by atoms with van der Waals surface area (Å²) in [5.74, 6) is 0.679. The molecule has 0 saturated carbocycles. The zero-order valence-electron chi connectivity index (χ0n) is 11.5. The van der Waals surface area contributed by atoms with Crippen LogP contribution in [-0.2, 0) is 12.8 Å². The summed E-state index contributed by atoms with van der Waals surface area (Å²) in [4.78, 5) is 18.7. The number of benzene rings is 1. The summed E-state index contributed by atoms with van der Waals surface area (Å²) in [6.45, 7) is 3.83. The Kier molecular flexibility index (Phi) is 3.52. The summed E-state index contributed by atoms with van der Waals surface area (Å²) in [7, 11) is 0. The predicted molar refractivity (Wildman–Crippen MR) is 79.6 cm³/mol. The van der Waals surface area contributed by atoms with E-state index in [9.17, 15) is 4.79 Å². The molecule has 104 valence electrons. The molecule has 0 radical (unpaired) electrons. The van der Waals surface area contributed by atoms with E-state index in [0.717, 1.165) is 42.9 Å². The van der Waals surface area contributed by atoms with Gasteiger partial charge in [0.2, 0.25) is 0 Å². The minimum absolute atomic E-state index is 0.291. The van der Waals surface area contributed by atoms with E-state index in [-0.39, 0.29) is 5.69 Å². The topological polar surface area (TPSA) is 69.8 Å². The fraction of sp³-hybridized carbons (Fsp3) is 0.333. The lowest BCUT2D eigenvalue weighted by atomic mass is 10.1. The van der Waals surface area contributed by atoms with Gasteiger partial charge in [-0.1, -0.05) is 12.1 Å². The number of hydrogen-bond acceptors (Lipinski definition) is 4. The van der Waals surface area contributed by atoms with Gasteiger partial charge in [0.1, 0.15) is 5.82 Å². The number of nitrogens with one attached hydrogen (secondary N) is 3. The van der Waals surface area contributed by atoms with E-state index in [1.54, 1.807) is 0 Å². The van der Waals surface area contributed by atoms with Crippen molar-refractivity contribution in [1.82, 2.24) is 15.3 Å². The number of nitrogens with zero attached hydrogens (tertiary/aromatic N) is 1. The maximum Gasteiger partial charge on any atom is 0.347 e. The predicted octanol–water partition coefficient (Wildman–Crippen LogP) is 1.51. The molecule has 0 unspecified atom stereocenters. The SMILES string of the molecule is Cc1cccc(Nc2nc(=O)[nH]c3c2CCNCC3)c1. The molecule has 2 aromatic rings. The summed E-state index contributed by atoms with van der Waals surface area (Å²) in [5.41, 5.74) is 3.94. The summed E-state index contributed by atoms with van der Waals surface area (Å²) < 4.78 is 0. The maximum absolute atomic E-state index is 11.7. The van der Waals surface area contributed by atoms with Gasteiger partial charge in [0.25, 0.3) is 0 Å². The van der Waals surface area contributed by atoms with Gasteiger partial charge in [-0.2, -0.15) is 4.98 Å². The molecule has 2 heterocycles. The van der Waals surface area contributed by atoms with Gasteiger partial charge < -0.3 is 15.6 Å². The number of anilines is 2. The second-order valence-electron chi connectivity index (χ2n) is 5.09. The maximum atomic E-state index is 11.7. The van der Waals surface area contributed by atoms with Crippen molar-refractivity contribution in [2.45, 2.75) is 19.8 Å². The minimum atomic E-state index is -0.291. The first-order valence-corrected chi connectivity index (χ1v) is 6.89. The molecular weight excluding hydrogens is 252 g/mol. The van der Waals surface area contributed by atoms with Gasteiger partial charge in [-0.3, -0.25) is 0 Å². The lowest BCUT2D eigenvalue weighted by Crippen LogP contribution is -2.18. The largest absolute Gasteiger partial charge is 0.347 e. The van der Waals surface area contributed by atoms with E-state index in [1.165, 1.54) is 5.56 Å². The van der Waals surface area contributed by atoms with E-state index in [0.29, 0.717) is 5.82 Å². The van der Waals surface area contributed by atoms with Crippen molar-refractivity contribution in [3.05, 3.63) is 51.6 Å². The van der Waals surface area contributed by atoms with Crippen molar-refractivity contribution >= 4 is 11.5 Å². The van der Waals surface area contributed by atoms with Gasteiger partial charge in [-0.15, -0.1) is 0 Å². The number of rotatable bonds is 2. The van der Waals surface area contributed by atoms with Gasteiger partial charge >= 0.3 is 5.69 Å². The molecule has 0 saturated heterocycles. The van der Waals surface area contributed by atoms with Gasteiger partial charge in [0.15, 0.2) is 0 Å². The number of hydrogen-bond donors (Lipinski definition) is 3. The molecule has 1 aromatic carbocycles. The third-order valence-electron chi connectivity index (χ3n) is 3.51. The third kappa shape index (κ3) is 2.72. The Morgan fingerprint density at radius 3 is 2.95 bits per heavy atom. The molecule has 3 N–H and O–H groups in total. The van der Waals surface area contributed by atoms with Crippen LogP contribution in [0.2, 0.25) is 0 Å². The van der Waals surface area contributed by atoms with Crippen molar-refractivity contribution in [3.8, 4) is 0 Å². The number of aromatic amines is 1. The van der Waals surface area contributed by atoms with Crippen LogP contribution in [0.25, 0.3) is 0 Å². The highest BCUT2D eigenvalue weighted by Crippen LogP contribution is 2.21. The van der Waals surface area contributed by atoms with Crippen LogP contribution >= 0.6 is 0 Å². The van der Waals surface area contributed by atoms with Crippen molar-refractivity contribution in [1.29, 1.82) is 0 Å². The number of fused-ring (bicyclic) bond motifs is 1. The molecule has 0 aliphatic carbocycles. The summed E-state index contributed by atoms with van der Waals surface area (Å²) >= 11 is 0. The average Bonchev–Trinajstić information content (AvgIpc) is 2.64. The quantitative estimate of drug-likeness (QED) is 0.773. The zero-order chi connectivity index (χ0) is 13.9. The average molecular weight is 270 g/mol. The van der Waals surface area contributed by atoms with Gasteiger partial charge in [0.05, 0.1) is 0 Å². The van der Waals surface area contributed by atoms with E-state index < -0.39 is 0 Å². The monoisotopic (exact) mass is 270 g/mol. The second kappa shape index (κ2) is 5.46. The Morgan fingerprint density at radius 2 is 2.10 bits per heavy atom. The summed E-state index contributed by atoms with van der Waals surface area (Å²) in [6, 6.07) is 8.06. The molecule has 5 heteroatoms. The molecule has 0 amide bonds. The fourth-order valence-electron chi connectivity index (χ4n) is 2.54. The first-order valence-electron chi connectivity index (χ1n) is 6.89. The third-order valence-corrected chi connectivity index (χ3v) is 3.51. The van der Waals surface area contributed by atoms with E-state index in [2.05, 4.69) is 20.6 Å². The van der Waals surface area contributed by atoms with Gasteiger partial charge in [0, 0.05) is 29.9 Å².